The van der Waals surface area contributed by atoms with Crippen molar-refractivity contribution in [1.82, 2.24) is 15.0 Å². The number of thiazole rings is 1. The van der Waals surface area contributed by atoms with Gasteiger partial charge in [-0.15, -0.1) is 11.3 Å². The van der Waals surface area contributed by atoms with Gasteiger partial charge in [0.25, 0.3) is 0 Å². The number of halogens is 1. The van der Waals surface area contributed by atoms with Gasteiger partial charge in [-0.3, -0.25) is 9.88 Å². The number of hydrogen-bond donors (Lipinski definition) is 0. The third-order valence-electron chi connectivity index (χ3n) is 3.58. The molecule has 0 unspecified atom stereocenters. The number of rotatable bonds is 2. The van der Waals surface area contributed by atoms with E-state index in [0.717, 1.165) is 20.8 Å². The molecule has 0 radical (unpaired) electrons. The van der Waals surface area contributed by atoms with Gasteiger partial charge >= 0.3 is 6.09 Å². The van der Waals surface area contributed by atoms with Crippen LogP contribution in [0.1, 0.15) is 6.92 Å². The highest BCUT2D eigenvalue weighted by molar-refractivity contribution is 7.21. The number of anilines is 1. The van der Waals surface area contributed by atoms with Crippen molar-refractivity contribution in [2.24, 2.45) is 0 Å². The molecule has 1 amide bonds. The number of hydrogen-bond acceptors (Lipinski definition) is 6. The molecule has 6 nitrogen and oxygen atoms in total. The molecule has 0 spiro atoms. The van der Waals surface area contributed by atoms with Crippen molar-refractivity contribution in [3.63, 3.8) is 0 Å². The van der Waals surface area contributed by atoms with Gasteiger partial charge in [0, 0.05) is 24.0 Å². The summed E-state index contributed by atoms with van der Waals surface area (Å²) in [5, 5.41) is 1.22. The average Bonchev–Trinajstić information content (AvgIpc) is 3.10. The van der Waals surface area contributed by atoms with Crippen molar-refractivity contribution in [3.8, 4) is 10.6 Å². The summed E-state index contributed by atoms with van der Waals surface area (Å²) in [6.45, 7) is 2.32. The second-order valence-corrected chi connectivity index (χ2v) is 6.64. The summed E-state index contributed by atoms with van der Waals surface area (Å²) in [6.07, 6.45) is 4.73. The molecule has 116 valence electrons. The highest BCUT2D eigenvalue weighted by Gasteiger charge is 2.31. The smallest absolute Gasteiger partial charge is 0.414 e. The molecular weight excluding hydrogens is 336 g/mol. The third-order valence-corrected chi connectivity index (χ3v) is 4.84. The zero-order valence-electron chi connectivity index (χ0n) is 12.1. The van der Waals surface area contributed by atoms with Gasteiger partial charge in [-0.25, -0.2) is 14.8 Å². The largest absolute Gasteiger partial charge is 0.447 e. The maximum absolute atomic E-state index is 11.9. The number of fused-ring (bicyclic) bond motifs is 1. The van der Waals surface area contributed by atoms with E-state index in [4.69, 9.17) is 16.3 Å². The van der Waals surface area contributed by atoms with Crippen LogP contribution in [0.4, 0.5) is 10.5 Å². The number of aromatic nitrogens is 3. The summed E-state index contributed by atoms with van der Waals surface area (Å²) in [6, 6.07) is 3.61. The molecule has 0 aromatic carbocycles. The Labute approximate surface area is 140 Å². The van der Waals surface area contributed by atoms with E-state index >= 15 is 0 Å². The van der Waals surface area contributed by atoms with E-state index in [1.807, 2.05) is 13.0 Å². The predicted octanol–water partition coefficient (Wildman–Crippen LogP) is 3.75. The molecule has 3 aromatic heterocycles. The van der Waals surface area contributed by atoms with E-state index in [2.05, 4.69) is 15.0 Å². The highest BCUT2D eigenvalue weighted by Crippen LogP contribution is 2.33. The Morgan fingerprint density at radius 2 is 2.22 bits per heavy atom. The van der Waals surface area contributed by atoms with Crippen molar-refractivity contribution in [2.45, 2.75) is 13.0 Å². The molecule has 0 N–H and O–H groups in total. The molecule has 4 heterocycles. The van der Waals surface area contributed by atoms with Crippen molar-refractivity contribution in [3.05, 3.63) is 35.9 Å². The van der Waals surface area contributed by atoms with Crippen LogP contribution in [0.2, 0.25) is 5.15 Å². The monoisotopic (exact) mass is 346 g/mol. The van der Waals surface area contributed by atoms with E-state index in [0.29, 0.717) is 17.4 Å². The zero-order valence-corrected chi connectivity index (χ0v) is 13.6. The summed E-state index contributed by atoms with van der Waals surface area (Å²) in [5.41, 5.74) is 2.34. The van der Waals surface area contributed by atoms with Crippen LogP contribution in [0.3, 0.4) is 0 Å². The molecule has 0 saturated carbocycles. The topological polar surface area (TPSA) is 68.2 Å². The first-order chi connectivity index (χ1) is 11.1. The Morgan fingerprint density at radius 1 is 1.35 bits per heavy atom. The minimum atomic E-state index is -0.350. The highest BCUT2D eigenvalue weighted by atomic mass is 35.5. The van der Waals surface area contributed by atoms with Crippen LogP contribution in [-0.2, 0) is 4.74 Å². The second kappa shape index (κ2) is 5.43. The lowest BCUT2D eigenvalue weighted by molar-refractivity contribution is 0.179. The van der Waals surface area contributed by atoms with E-state index in [1.165, 1.54) is 11.3 Å². The standard InChI is InChI=1S/C15H11ClN4O2S/c1-8-7-22-15(21)20(8)10-2-9(4-17-5-10)14-19-11-3-13(16)18-6-12(11)23-14/h2-6,8H,7H2,1H3/t8-/m1/s1. The van der Waals surface area contributed by atoms with Crippen LogP contribution in [0.15, 0.2) is 30.7 Å². The van der Waals surface area contributed by atoms with Crippen LogP contribution in [0, 0.1) is 0 Å². The molecule has 4 rings (SSSR count). The minimum absolute atomic E-state index is 0.0158. The molecule has 1 saturated heterocycles. The number of carbonyl (C=O) groups excluding carboxylic acids is 1. The van der Waals surface area contributed by atoms with E-state index < -0.39 is 0 Å². The van der Waals surface area contributed by atoms with E-state index in [-0.39, 0.29) is 12.1 Å². The Bertz CT molecular complexity index is 913. The van der Waals surface area contributed by atoms with Gasteiger partial charge < -0.3 is 4.74 Å². The fourth-order valence-electron chi connectivity index (χ4n) is 2.49. The lowest BCUT2D eigenvalue weighted by Gasteiger charge is -2.17. The molecular formula is C15H11ClN4O2S. The van der Waals surface area contributed by atoms with Gasteiger partial charge in [-0.2, -0.15) is 0 Å². The second-order valence-electron chi connectivity index (χ2n) is 5.22. The molecule has 1 aliphatic rings. The van der Waals surface area contributed by atoms with Crippen molar-refractivity contribution >= 4 is 44.9 Å². The van der Waals surface area contributed by atoms with Gasteiger partial charge in [0.2, 0.25) is 0 Å². The van der Waals surface area contributed by atoms with Gasteiger partial charge in [0.1, 0.15) is 16.8 Å². The first-order valence-electron chi connectivity index (χ1n) is 6.95. The minimum Gasteiger partial charge on any atom is -0.447 e. The first kappa shape index (κ1) is 14.3. The predicted molar refractivity (Wildman–Crippen MR) is 88.9 cm³/mol. The van der Waals surface area contributed by atoms with Crippen LogP contribution in [-0.4, -0.2) is 33.7 Å². The average molecular weight is 347 g/mol. The van der Waals surface area contributed by atoms with Crippen LogP contribution in [0.5, 0.6) is 0 Å². The number of ether oxygens (including phenoxy) is 1. The van der Waals surface area contributed by atoms with Gasteiger partial charge in [-0.1, -0.05) is 11.6 Å². The number of cyclic esters (lactones) is 1. The SMILES string of the molecule is C[C@@H]1COC(=O)N1c1cncc(-c2nc3cc(Cl)ncc3s2)c1. The van der Waals surface area contributed by atoms with Crippen molar-refractivity contribution < 1.29 is 9.53 Å². The maximum Gasteiger partial charge on any atom is 0.414 e. The molecule has 3 aromatic rings. The van der Waals surface area contributed by atoms with Gasteiger partial charge in [0.05, 0.1) is 28.1 Å². The number of carbonyl (C=O) groups is 1. The Kier molecular flexibility index (Phi) is 3.39. The maximum atomic E-state index is 11.9. The summed E-state index contributed by atoms with van der Waals surface area (Å²) in [7, 11) is 0. The van der Waals surface area contributed by atoms with E-state index in [1.54, 1.807) is 29.6 Å². The number of nitrogens with zero attached hydrogens (tertiary/aromatic N) is 4. The fraction of sp³-hybridized carbons (Fsp3) is 0.200. The molecule has 23 heavy (non-hydrogen) atoms. The van der Waals surface area contributed by atoms with Gasteiger partial charge in [-0.05, 0) is 13.0 Å². The van der Waals surface area contributed by atoms with Crippen molar-refractivity contribution in [2.75, 3.05) is 11.5 Å². The Morgan fingerprint density at radius 3 is 3.00 bits per heavy atom. The van der Waals surface area contributed by atoms with E-state index in [9.17, 15) is 4.79 Å². The molecule has 1 aliphatic heterocycles. The van der Waals surface area contributed by atoms with Gasteiger partial charge in [0.15, 0.2) is 0 Å². The Balaban J connectivity index is 1.76. The molecule has 8 heteroatoms. The lowest BCUT2D eigenvalue weighted by atomic mass is 10.2. The van der Waals surface area contributed by atoms with Crippen molar-refractivity contribution in [1.29, 1.82) is 0 Å². The summed E-state index contributed by atoms with van der Waals surface area (Å²) in [4.78, 5) is 26.3. The van der Waals surface area contributed by atoms with Crippen LogP contribution < -0.4 is 4.90 Å². The summed E-state index contributed by atoms with van der Waals surface area (Å²) >= 11 is 7.41. The number of pyridine rings is 2. The molecule has 1 atom stereocenters. The molecule has 0 bridgehead atoms. The fourth-order valence-corrected chi connectivity index (χ4v) is 3.53. The normalized spacial score (nSPS) is 17.7. The zero-order chi connectivity index (χ0) is 16.0. The summed E-state index contributed by atoms with van der Waals surface area (Å²) in [5.74, 6) is 0. The van der Waals surface area contributed by atoms with Crippen LogP contribution in [0.25, 0.3) is 20.8 Å². The number of amides is 1. The third kappa shape index (κ3) is 2.51. The molecule has 0 aliphatic carbocycles. The quantitative estimate of drug-likeness (QED) is 0.661. The Hall–Kier alpha value is -2.25. The molecule has 1 fully saturated rings. The first-order valence-corrected chi connectivity index (χ1v) is 8.15. The van der Waals surface area contributed by atoms with Crippen LogP contribution >= 0.6 is 22.9 Å². The lowest BCUT2D eigenvalue weighted by Crippen LogP contribution is -2.30. The summed E-state index contributed by atoms with van der Waals surface area (Å²) < 4.78 is 6.01.